The van der Waals surface area contributed by atoms with Crippen molar-refractivity contribution in [1.82, 2.24) is 31.5 Å². The van der Waals surface area contributed by atoms with E-state index in [9.17, 15) is 9.59 Å². The number of nitrogens with zero attached hydrogens (tertiary/aromatic N) is 2. The fraction of sp³-hybridized carbons (Fsp3) is 0.588. The molecule has 0 aromatic heterocycles. The molecule has 0 spiro atoms. The minimum absolute atomic E-state index is 0.0812. The average Bonchev–Trinajstić information content (AvgIpc) is 2.65. The molecule has 142 valence electrons. The van der Waals surface area contributed by atoms with Crippen LogP contribution in [0.1, 0.15) is 19.3 Å². The maximum Gasteiger partial charge on any atom is 0.252 e. The standard InChI is InChI=1S/C17H27N7O2/c1-18-9-12-16-22-13(19-2)8-14(23-16)21-11-4-3-7-24(10-11)15(25)5-6-20-17(12)26/h8,11,18,21,23H,3-7,9-10H2,1-2H3,(H,19,22)(H,20,26)/b16-12-. The maximum atomic E-state index is 12.6. The van der Waals surface area contributed by atoms with Crippen molar-refractivity contribution in [3.05, 3.63) is 23.3 Å². The van der Waals surface area contributed by atoms with Gasteiger partial charge in [0.05, 0.1) is 5.57 Å². The summed E-state index contributed by atoms with van der Waals surface area (Å²) in [4.78, 5) is 31.2. The van der Waals surface area contributed by atoms with Gasteiger partial charge in [-0.3, -0.25) is 14.6 Å². The van der Waals surface area contributed by atoms with E-state index >= 15 is 0 Å². The zero-order valence-electron chi connectivity index (χ0n) is 15.3. The molecular weight excluding hydrogens is 334 g/mol. The molecule has 0 radical (unpaired) electrons. The summed E-state index contributed by atoms with van der Waals surface area (Å²) in [5, 5.41) is 15.8. The molecule has 3 aliphatic heterocycles. The van der Waals surface area contributed by atoms with Gasteiger partial charge in [0.2, 0.25) is 5.91 Å². The Balaban J connectivity index is 1.94. The van der Waals surface area contributed by atoms with Crippen molar-refractivity contribution >= 4 is 17.6 Å². The number of carbonyl (C=O) groups excluding carboxylic acids is 2. The molecule has 0 aliphatic carbocycles. The number of amidine groups is 1. The number of nitrogens with one attached hydrogen (secondary N) is 5. The predicted molar refractivity (Wildman–Crippen MR) is 99.0 cm³/mol. The second-order valence-electron chi connectivity index (χ2n) is 6.63. The monoisotopic (exact) mass is 361 g/mol. The van der Waals surface area contributed by atoms with Gasteiger partial charge in [0.25, 0.3) is 5.91 Å². The van der Waals surface area contributed by atoms with Crippen LogP contribution in [0.3, 0.4) is 0 Å². The van der Waals surface area contributed by atoms with Gasteiger partial charge in [-0.15, -0.1) is 0 Å². The summed E-state index contributed by atoms with van der Waals surface area (Å²) in [6.45, 7) is 2.15. The van der Waals surface area contributed by atoms with Gasteiger partial charge < -0.3 is 31.5 Å². The van der Waals surface area contributed by atoms with Crippen molar-refractivity contribution in [2.45, 2.75) is 25.3 Å². The first kappa shape index (κ1) is 18.2. The van der Waals surface area contributed by atoms with Crippen LogP contribution in [-0.2, 0) is 9.59 Å². The van der Waals surface area contributed by atoms with Gasteiger partial charge in [0, 0.05) is 51.8 Å². The molecule has 9 nitrogen and oxygen atoms in total. The molecule has 26 heavy (non-hydrogen) atoms. The van der Waals surface area contributed by atoms with E-state index in [1.165, 1.54) is 0 Å². The molecule has 0 aromatic carbocycles. The molecule has 3 heterocycles. The van der Waals surface area contributed by atoms with Crippen LogP contribution < -0.4 is 26.6 Å². The lowest BCUT2D eigenvalue weighted by molar-refractivity contribution is -0.132. The third kappa shape index (κ3) is 4.16. The topological polar surface area (TPSA) is 110 Å². The van der Waals surface area contributed by atoms with E-state index in [1.807, 2.05) is 11.0 Å². The van der Waals surface area contributed by atoms with E-state index in [-0.39, 0.29) is 17.9 Å². The third-order valence-corrected chi connectivity index (χ3v) is 4.72. The Labute approximate surface area is 153 Å². The van der Waals surface area contributed by atoms with Gasteiger partial charge in [0.1, 0.15) is 17.5 Å². The van der Waals surface area contributed by atoms with Crippen LogP contribution >= 0.6 is 0 Å². The van der Waals surface area contributed by atoms with Crippen LogP contribution in [0.2, 0.25) is 0 Å². The molecule has 9 heteroatoms. The number of carbonyl (C=O) groups is 2. The normalized spacial score (nSPS) is 28.5. The highest BCUT2D eigenvalue weighted by atomic mass is 16.2. The Kier molecular flexibility index (Phi) is 5.77. The highest BCUT2D eigenvalue weighted by Crippen LogP contribution is 2.14. The second kappa shape index (κ2) is 8.22. The Morgan fingerprint density at radius 3 is 2.96 bits per heavy atom. The lowest BCUT2D eigenvalue weighted by atomic mass is 10.1. The second-order valence-corrected chi connectivity index (χ2v) is 6.63. The predicted octanol–water partition coefficient (Wildman–Crippen LogP) is -1.42. The number of rotatable bonds is 2. The molecule has 1 atom stereocenters. The Morgan fingerprint density at radius 1 is 1.35 bits per heavy atom. The lowest BCUT2D eigenvalue weighted by Crippen LogP contribution is -2.51. The minimum atomic E-state index is -0.212. The highest BCUT2D eigenvalue weighted by Gasteiger charge is 2.27. The number of amides is 2. The molecule has 0 aromatic rings. The maximum absolute atomic E-state index is 12.6. The largest absolute Gasteiger partial charge is 0.367 e. The summed E-state index contributed by atoms with van der Waals surface area (Å²) in [5.74, 6) is 1.91. The van der Waals surface area contributed by atoms with Crippen LogP contribution in [0.4, 0.5) is 0 Å². The highest BCUT2D eigenvalue weighted by molar-refractivity contribution is 5.99. The van der Waals surface area contributed by atoms with E-state index in [4.69, 9.17) is 0 Å². The van der Waals surface area contributed by atoms with Crippen molar-refractivity contribution in [3.63, 3.8) is 0 Å². The van der Waals surface area contributed by atoms with Gasteiger partial charge in [-0.2, -0.15) is 0 Å². The number of fused-ring (bicyclic) bond motifs is 4. The first-order chi connectivity index (χ1) is 12.6. The van der Waals surface area contributed by atoms with E-state index in [2.05, 4.69) is 31.6 Å². The summed E-state index contributed by atoms with van der Waals surface area (Å²) in [5.41, 5.74) is 0.538. The number of hydrogen-bond acceptors (Lipinski definition) is 6. The van der Waals surface area contributed by atoms with Gasteiger partial charge in [-0.1, -0.05) is 0 Å². The van der Waals surface area contributed by atoms with Crippen LogP contribution in [0.15, 0.2) is 28.3 Å². The number of likely N-dealkylation sites (N-methyl/N-ethyl adjacent to an activating group) is 1. The first-order valence-electron chi connectivity index (χ1n) is 9.03. The SMILES string of the molecule is CN=C1C=C2N/C(=C(/CNC)C(=O)NCCC(=O)N3CCCC(C3)N2)N1. The van der Waals surface area contributed by atoms with Crippen LogP contribution in [-0.4, -0.2) is 68.9 Å². The summed E-state index contributed by atoms with van der Waals surface area (Å²) >= 11 is 0. The fourth-order valence-electron chi connectivity index (χ4n) is 3.40. The molecular formula is C17H27N7O2. The zero-order chi connectivity index (χ0) is 18.5. The molecule has 2 amide bonds. The van der Waals surface area contributed by atoms with Crippen LogP contribution in [0.25, 0.3) is 0 Å². The summed E-state index contributed by atoms with van der Waals surface area (Å²) in [7, 11) is 3.49. The zero-order valence-corrected chi connectivity index (χ0v) is 15.3. The number of piperidine rings is 1. The summed E-state index contributed by atoms with van der Waals surface area (Å²) in [6, 6.07) is 0.168. The van der Waals surface area contributed by atoms with E-state index < -0.39 is 0 Å². The van der Waals surface area contributed by atoms with Gasteiger partial charge in [-0.25, -0.2) is 0 Å². The van der Waals surface area contributed by atoms with Crippen molar-refractivity contribution in [3.8, 4) is 0 Å². The molecule has 1 unspecified atom stereocenters. The van der Waals surface area contributed by atoms with Crippen molar-refractivity contribution < 1.29 is 9.59 Å². The fourth-order valence-corrected chi connectivity index (χ4v) is 3.40. The van der Waals surface area contributed by atoms with Crippen molar-refractivity contribution in [1.29, 1.82) is 0 Å². The number of aliphatic imine (C=N–C) groups is 1. The van der Waals surface area contributed by atoms with Crippen LogP contribution in [0, 0.1) is 0 Å². The summed E-state index contributed by atoms with van der Waals surface area (Å²) < 4.78 is 0. The van der Waals surface area contributed by atoms with Gasteiger partial charge >= 0.3 is 0 Å². The molecule has 1 saturated heterocycles. The average molecular weight is 361 g/mol. The molecule has 5 N–H and O–H groups in total. The third-order valence-electron chi connectivity index (χ3n) is 4.72. The van der Waals surface area contributed by atoms with E-state index in [1.54, 1.807) is 14.1 Å². The van der Waals surface area contributed by atoms with E-state index in [0.717, 1.165) is 25.2 Å². The Morgan fingerprint density at radius 2 is 2.19 bits per heavy atom. The van der Waals surface area contributed by atoms with Crippen LogP contribution in [0.5, 0.6) is 0 Å². The lowest BCUT2D eigenvalue weighted by Gasteiger charge is -2.35. The molecule has 1 fully saturated rings. The Bertz CT molecular complexity index is 668. The molecule has 3 rings (SSSR count). The molecule has 3 aliphatic rings. The smallest absolute Gasteiger partial charge is 0.252 e. The number of hydrogen-bond donors (Lipinski definition) is 5. The molecule has 0 saturated carbocycles. The quantitative estimate of drug-likeness (QED) is 0.413. The first-order valence-corrected chi connectivity index (χ1v) is 9.03. The van der Waals surface area contributed by atoms with Gasteiger partial charge in [-0.05, 0) is 19.9 Å². The minimum Gasteiger partial charge on any atom is -0.367 e. The Hall–Kier alpha value is -2.55. The molecule has 4 bridgehead atoms. The summed E-state index contributed by atoms with van der Waals surface area (Å²) in [6.07, 6.45) is 4.14. The van der Waals surface area contributed by atoms with E-state index in [0.29, 0.717) is 43.3 Å². The van der Waals surface area contributed by atoms with Crippen molar-refractivity contribution in [2.75, 3.05) is 40.3 Å². The van der Waals surface area contributed by atoms with Crippen molar-refractivity contribution in [2.24, 2.45) is 4.99 Å². The van der Waals surface area contributed by atoms with Gasteiger partial charge in [0.15, 0.2) is 0 Å².